The van der Waals surface area contributed by atoms with E-state index in [-0.39, 0.29) is 6.42 Å². The summed E-state index contributed by atoms with van der Waals surface area (Å²) in [6.45, 7) is 0. The summed E-state index contributed by atoms with van der Waals surface area (Å²) in [7, 11) is 1.51. The molecule has 0 aliphatic heterocycles. The Labute approximate surface area is 177 Å². The van der Waals surface area contributed by atoms with Crippen LogP contribution in [0.1, 0.15) is 15.9 Å². The van der Waals surface area contributed by atoms with E-state index in [1.54, 1.807) is 30.3 Å². The van der Waals surface area contributed by atoms with E-state index in [1.165, 1.54) is 13.2 Å². The first-order chi connectivity index (χ1) is 15.0. The largest absolute Gasteiger partial charge is 0.497 e. The number of ether oxygens (including phenoxy) is 1. The van der Waals surface area contributed by atoms with Crippen LogP contribution in [0.2, 0.25) is 0 Å². The van der Waals surface area contributed by atoms with E-state index < -0.39 is 23.5 Å². The summed E-state index contributed by atoms with van der Waals surface area (Å²) in [6, 6.07) is 18.2. The number of benzene rings is 3. The lowest BCUT2D eigenvalue weighted by Gasteiger charge is -2.17. The first-order valence-electron chi connectivity index (χ1n) is 9.65. The van der Waals surface area contributed by atoms with E-state index in [4.69, 9.17) is 14.9 Å². The summed E-state index contributed by atoms with van der Waals surface area (Å²) in [6.07, 6.45) is 0.0419. The molecule has 2 amide bonds. The molecule has 7 heteroatoms. The summed E-state index contributed by atoms with van der Waals surface area (Å²) < 4.78 is 10.4. The second-order valence-corrected chi connectivity index (χ2v) is 7.11. The molecule has 1 aromatic heterocycles. The Morgan fingerprint density at radius 1 is 1.03 bits per heavy atom. The molecule has 0 aliphatic carbocycles. The van der Waals surface area contributed by atoms with Crippen molar-refractivity contribution in [2.45, 2.75) is 12.5 Å². The number of hydrogen-bond donors (Lipinski definition) is 2. The number of primary amides is 1. The lowest BCUT2D eigenvalue weighted by Crippen LogP contribution is -2.46. The second kappa shape index (κ2) is 8.31. The van der Waals surface area contributed by atoms with Gasteiger partial charge in [0.05, 0.1) is 7.11 Å². The van der Waals surface area contributed by atoms with Crippen molar-refractivity contribution in [2.24, 2.45) is 5.73 Å². The molecule has 0 saturated carbocycles. The maximum absolute atomic E-state index is 13.0. The van der Waals surface area contributed by atoms with Crippen molar-refractivity contribution in [1.82, 2.24) is 5.32 Å². The van der Waals surface area contributed by atoms with Gasteiger partial charge in [0.15, 0.2) is 0 Å². The van der Waals surface area contributed by atoms with Crippen molar-refractivity contribution in [3.63, 3.8) is 0 Å². The monoisotopic (exact) mass is 416 g/mol. The minimum Gasteiger partial charge on any atom is -0.497 e. The number of rotatable bonds is 6. The molecule has 0 bridgehead atoms. The zero-order valence-corrected chi connectivity index (χ0v) is 16.8. The molecule has 1 atom stereocenters. The predicted molar refractivity (Wildman–Crippen MR) is 117 cm³/mol. The van der Waals surface area contributed by atoms with Crippen LogP contribution < -0.4 is 21.4 Å². The highest BCUT2D eigenvalue weighted by atomic mass is 16.5. The fourth-order valence-corrected chi connectivity index (χ4v) is 3.61. The molecule has 0 spiro atoms. The summed E-state index contributed by atoms with van der Waals surface area (Å²) in [5.74, 6) is -0.596. The Hall–Kier alpha value is -4.13. The fraction of sp³-hybridized carbons (Fsp3) is 0.125. The third-order valence-electron chi connectivity index (χ3n) is 5.14. The molecule has 4 rings (SSSR count). The van der Waals surface area contributed by atoms with Crippen molar-refractivity contribution in [2.75, 3.05) is 7.11 Å². The molecule has 1 heterocycles. The Morgan fingerprint density at radius 2 is 1.81 bits per heavy atom. The lowest BCUT2D eigenvalue weighted by molar-refractivity contribution is -0.119. The molecule has 31 heavy (non-hydrogen) atoms. The highest BCUT2D eigenvalue weighted by Crippen LogP contribution is 2.24. The first-order valence-corrected chi connectivity index (χ1v) is 9.65. The van der Waals surface area contributed by atoms with Gasteiger partial charge >= 0.3 is 5.63 Å². The standard InChI is InChI=1S/C24H20N2O5/c1-30-16-9-10-18-15(12-22(27)31-21(18)13-16)11-20(23(25)28)26-24(29)19-8-4-6-14-5-2-3-7-17(14)19/h2-10,12-13,20H,11H2,1H3,(H2,25,28)(H,26,29)/t20-/m1/s1. The zero-order chi connectivity index (χ0) is 22.0. The van der Waals surface area contributed by atoms with Crippen LogP contribution >= 0.6 is 0 Å². The van der Waals surface area contributed by atoms with Crippen LogP contribution in [0.3, 0.4) is 0 Å². The van der Waals surface area contributed by atoms with Crippen LogP contribution in [0.4, 0.5) is 0 Å². The fourth-order valence-electron chi connectivity index (χ4n) is 3.61. The first kappa shape index (κ1) is 20.2. The van der Waals surface area contributed by atoms with Crippen molar-refractivity contribution < 1.29 is 18.7 Å². The molecule has 0 aliphatic rings. The van der Waals surface area contributed by atoms with E-state index in [0.29, 0.717) is 27.8 Å². The summed E-state index contributed by atoms with van der Waals surface area (Å²) >= 11 is 0. The van der Waals surface area contributed by atoms with Gasteiger partial charge in [-0.1, -0.05) is 36.4 Å². The van der Waals surface area contributed by atoms with Gasteiger partial charge in [0.1, 0.15) is 17.4 Å². The van der Waals surface area contributed by atoms with Gasteiger partial charge in [-0.3, -0.25) is 9.59 Å². The van der Waals surface area contributed by atoms with Crippen LogP contribution in [0.5, 0.6) is 5.75 Å². The van der Waals surface area contributed by atoms with Gasteiger partial charge in [-0.05, 0) is 34.5 Å². The molecule has 0 unspecified atom stereocenters. The summed E-state index contributed by atoms with van der Waals surface area (Å²) in [5, 5.41) is 5.02. The number of carbonyl (C=O) groups excluding carboxylic acids is 2. The molecule has 7 nitrogen and oxygen atoms in total. The van der Waals surface area contributed by atoms with Crippen molar-refractivity contribution >= 4 is 33.6 Å². The van der Waals surface area contributed by atoms with Crippen LogP contribution in [0.15, 0.2) is 75.9 Å². The molecular weight excluding hydrogens is 396 g/mol. The second-order valence-electron chi connectivity index (χ2n) is 7.11. The molecule has 0 radical (unpaired) electrons. The number of carbonyl (C=O) groups is 2. The molecule has 4 aromatic rings. The minimum atomic E-state index is -1.02. The van der Waals surface area contributed by atoms with Gasteiger partial charge in [-0.25, -0.2) is 4.79 Å². The summed E-state index contributed by atoms with van der Waals surface area (Å²) in [4.78, 5) is 37.1. The van der Waals surface area contributed by atoms with Crippen molar-refractivity contribution in [3.05, 3.63) is 88.3 Å². The molecule has 156 valence electrons. The Morgan fingerprint density at radius 3 is 2.58 bits per heavy atom. The molecule has 0 saturated heterocycles. The van der Waals surface area contributed by atoms with Gasteiger partial charge in [0.2, 0.25) is 5.91 Å². The van der Waals surface area contributed by atoms with E-state index in [9.17, 15) is 14.4 Å². The summed E-state index contributed by atoms with van der Waals surface area (Å²) in [5.41, 5.74) is 6.31. The van der Waals surface area contributed by atoms with E-state index in [1.807, 2.05) is 30.3 Å². The van der Waals surface area contributed by atoms with Gasteiger partial charge in [0.25, 0.3) is 5.91 Å². The third-order valence-corrected chi connectivity index (χ3v) is 5.14. The number of fused-ring (bicyclic) bond motifs is 2. The maximum atomic E-state index is 13.0. The quantitative estimate of drug-likeness (QED) is 0.470. The highest BCUT2D eigenvalue weighted by Gasteiger charge is 2.22. The average Bonchev–Trinajstić information content (AvgIpc) is 2.77. The van der Waals surface area contributed by atoms with E-state index in [0.717, 1.165) is 10.8 Å². The molecule has 3 aromatic carbocycles. The van der Waals surface area contributed by atoms with Crippen LogP contribution in [-0.2, 0) is 11.2 Å². The van der Waals surface area contributed by atoms with Gasteiger partial charge in [-0.15, -0.1) is 0 Å². The third kappa shape index (κ3) is 4.11. The number of amides is 2. The van der Waals surface area contributed by atoms with Crippen LogP contribution in [-0.4, -0.2) is 25.0 Å². The lowest BCUT2D eigenvalue weighted by atomic mass is 10.0. The van der Waals surface area contributed by atoms with Crippen LogP contribution in [0, 0.1) is 0 Å². The molecule has 3 N–H and O–H groups in total. The normalized spacial score (nSPS) is 11.9. The Kier molecular flexibility index (Phi) is 5.41. The molecular formula is C24H20N2O5. The number of hydrogen-bond acceptors (Lipinski definition) is 5. The smallest absolute Gasteiger partial charge is 0.336 e. The van der Waals surface area contributed by atoms with Crippen molar-refractivity contribution in [1.29, 1.82) is 0 Å². The average molecular weight is 416 g/mol. The van der Waals surface area contributed by atoms with Gasteiger partial charge < -0.3 is 20.2 Å². The Balaban J connectivity index is 1.67. The van der Waals surface area contributed by atoms with Crippen LogP contribution in [0.25, 0.3) is 21.7 Å². The Bertz CT molecular complexity index is 1350. The van der Waals surface area contributed by atoms with E-state index >= 15 is 0 Å². The predicted octanol–water partition coefficient (Wildman–Crippen LogP) is 2.78. The highest BCUT2D eigenvalue weighted by molar-refractivity contribution is 6.08. The zero-order valence-electron chi connectivity index (χ0n) is 16.8. The topological polar surface area (TPSA) is 112 Å². The molecule has 0 fully saturated rings. The SMILES string of the molecule is COc1ccc2c(C[C@@H](NC(=O)c3cccc4ccccc34)C(N)=O)cc(=O)oc2c1. The van der Waals surface area contributed by atoms with Crippen molar-refractivity contribution in [3.8, 4) is 5.75 Å². The number of methoxy groups -OCH3 is 1. The maximum Gasteiger partial charge on any atom is 0.336 e. The number of nitrogens with two attached hydrogens (primary N) is 1. The minimum absolute atomic E-state index is 0.0419. The van der Waals surface area contributed by atoms with Gasteiger partial charge in [-0.2, -0.15) is 0 Å². The van der Waals surface area contributed by atoms with E-state index in [2.05, 4.69) is 5.32 Å². The number of nitrogens with one attached hydrogen (secondary N) is 1. The van der Waals surface area contributed by atoms with Gasteiger partial charge in [0, 0.05) is 29.5 Å².